The van der Waals surface area contributed by atoms with Crippen molar-refractivity contribution in [3.63, 3.8) is 0 Å². The molecule has 1 aliphatic heterocycles. The van der Waals surface area contributed by atoms with Gasteiger partial charge >= 0.3 is 0 Å². The summed E-state index contributed by atoms with van der Waals surface area (Å²) < 4.78 is 6.56. The van der Waals surface area contributed by atoms with Crippen molar-refractivity contribution in [2.45, 2.75) is 0 Å². The van der Waals surface area contributed by atoms with Crippen LogP contribution in [0.25, 0.3) is 22.3 Å². The van der Waals surface area contributed by atoms with Gasteiger partial charge in [-0.05, 0) is 12.1 Å². The molecule has 1 saturated heterocycles. The molecule has 2 aromatic carbocycles. The molecule has 0 atom stereocenters. The average Bonchev–Trinajstić information content (AvgIpc) is 2.71. The summed E-state index contributed by atoms with van der Waals surface area (Å²) in [6.45, 7) is 2.82. The van der Waals surface area contributed by atoms with Crippen LogP contribution in [0.1, 0.15) is 0 Å². The van der Waals surface area contributed by atoms with Crippen molar-refractivity contribution in [2.24, 2.45) is 0 Å². The Bertz CT molecular complexity index is 1010. The Morgan fingerprint density at radius 2 is 1.74 bits per heavy atom. The van der Waals surface area contributed by atoms with E-state index in [9.17, 15) is 9.59 Å². The van der Waals surface area contributed by atoms with E-state index in [1.807, 2.05) is 41.3 Å². The van der Waals surface area contributed by atoms with E-state index in [-0.39, 0.29) is 18.0 Å². The molecule has 4 rings (SSSR count). The predicted molar refractivity (Wildman–Crippen MR) is 103 cm³/mol. The number of nitrogens with zero attached hydrogens (tertiary/aromatic N) is 3. The molecule has 7 heteroatoms. The van der Waals surface area contributed by atoms with Crippen LogP contribution in [-0.2, 0) is 9.53 Å². The summed E-state index contributed by atoms with van der Waals surface area (Å²) in [5, 5.41) is 0.462. The zero-order valence-corrected chi connectivity index (χ0v) is 14.8. The van der Waals surface area contributed by atoms with Gasteiger partial charge in [0.15, 0.2) is 5.82 Å². The molecular formula is C20H20N4O3. The number of amides is 1. The van der Waals surface area contributed by atoms with E-state index in [1.54, 1.807) is 18.2 Å². The van der Waals surface area contributed by atoms with Gasteiger partial charge in [0, 0.05) is 18.7 Å². The Kier molecular flexibility index (Phi) is 4.95. The Labute approximate surface area is 156 Å². The Hall–Kier alpha value is -3.03. The van der Waals surface area contributed by atoms with Gasteiger partial charge in [0.1, 0.15) is 0 Å². The summed E-state index contributed by atoms with van der Waals surface area (Å²) in [4.78, 5) is 32.2. The first-order valence-corrected chi connectivity index (χ1v) is 8.89. The molecule has 0 unspecified atom stereocenters. The summed E-state index contributed by atoms with van der Waals surface area (Å²) in [7, 11) is 0. The first kappa shape index (κ1) is 17.4. The largest absolute Gasteiger partial charge is 0.379 e. The second-order valence-electron chi connectivity index (χ2n) is 6.38. The highest BCUT2D eigenvalue weighted by Gasteiger charge is 2.18. The monoisotopic (exact) mass is 364 g/mol. The number of nitrogens with one attached hydrogen (secondary N) is 1. The number of fused-ring (bicyclic) bond motifs is 1. The van der Waals surface area contributed by atoms with Crippen molar-refractivity contribution in [3.05, 3.63) is 65.0 Å². The molecular weight excluding hydrogens is 344 g/mol. The molecule has 0 radical (unpaired) electrons. The molecule has 0 aliphatic carbocycles. The maximum absolute atomic E-state index is 13.0. The normalized spacial score (nSPS) is 15.0. The van der Waals surface area contributed by atoms with E-state index in [2.05, 4.69) is 10.4 Å². The van der Waals surface area contributed by atoms with Crippen molar-refractivity contribution < 1.29 is 9.53 Å². The molecule has 1 amide bonds. The quantitative estimate of drug-likeness (QED) is 0.759. The van der Waals surface area contributed by atoms with Crippen molar-refractivity contribution in [1.82, 2.24) is 14.6 Å². The van der Waals surface area contributed by atoms with E-state index in [0.717, 1.165) is 5.56 Å². The van der Waals surface area contributed by atoms with Gasteiger partial charge in [-0.1, -0.05) is 42.5 Å². The fourth-order valence-corrected chi connectivity index (χ4v) is 3.14. The summed E-state index contributed by atoms with van der Waals surface area (Å²) in [5.74, 6) is 0.155. The number of aromatic nitrogens is 2. The number of hydrogen-bond acceptors (Lipinski definition) is 5. The molecule has 3 aromatic rings. The number of para-hydroxylation sites is 1. The van der Waals surface area contributed by atoms with Gasteiger partial charge in [-0.3, -0.25) is 19.9 Å². The van der Waals surface area contributed by atoms with Crippen LogP contribution in [0.3, 0.4) is 0 Å². The summed E-state index contributed by atoms with van der Waals surface area (Å²) in [5.41, 5.74) is 3.79. The lowest BCUT2D eigenvalue weighted by Crippen LogP contribution is -2.44. The molecule has 138 valence electrons. The molecule has 1 N–H and O–H groups in total. The highest BCUT2D eigenvalue weighted by Crippen LogP contribution is 2.17. The number of rotatable bonds is 4. The smallest absolute Gasteiger partial charge is 0.280 e. The lowest BCUT2D eigenvalue weighted by atomic mass is 10.2. The van der Waals surface area contributed by atoms with Crippen LogP contribution in [0.5, 0.6) is 0 Å². The van der Waals surface area contributed by atoms with Crippen LogP contribution in [0.2, 0.25) is 0 Å². The Balaban J connectivity index is 1.72. The van der Waals surface area contributed by atoms with Crippen molar-refractivity contribution in [2.75, 3.05) is 38.3 Å². The van der Waals surface area contributed by atoms with Gasteiger partial charge in [-0.2, -0.15) is 4.68 Å². The molecule has 1 aromatic heterocycles. The van der Waals surface area contributed by atoms with E-state index in [4.69, 9.17) is 4.74 Å². The minimum atomic E-state index is -0.296. The number of hydrogen-bond donors (Lipinski definition) is 1. The van der Waals surface area contributed by atoms with Gasteiger partial charge in [-0.15, -0.1) is 0 Å². The van der Waals surface area contributed by atoms with Gasteiger partial charge in [0.05, 0.1) is 30.7 Å². The Morgan fingerprint density at radius 1 is 1.04 bits per heavy atom. The van der Waals surface area contributed by atoms with Gasteiger partial charge in [0.2, 0.25) is 0 Å². The maximum atomic E-state index is 13.0. The van der Waals surface area contributed by atoms with Crippen LogP contribution in [-0.4, -0.2) is 53.3 Å². The number of benzene rings is 2. The highest BCUT2D eigenvalue weighted by molar-refractivity contribution is 5.87. The molecule has 1 aliphatic rings. The SMILES string of the molecule is O=C(CN1CCOCC1)Nn1c(-c2ccccc2)nc2ccccc2c1=O. The van der Waals surface area contributed by atoms with Crippen LogP contribution in [0, 0.1) is 0 Å². The van der Waals surface area contributed by atoms with Gasteiger partial charge < -0.3 is 4.74 Å². The lowest BCUT2D eigenvalue weighted by Gasteiger charge is -2.26. The number of carbonyl (C=O) groups is 1. The zero-order valence-electron chi connectivity index (χ0n) is 14.8. The third kappa shape index (κ3) is 3.74. The molecule has 1 fully saturated rings. The first-order valence-electron chi connectivity index (χ1n) is 8.89. The average molecular weight is 364 g/mol. The van der Waals surface area contributed by atoms with E-state index < -0.39 is 0 Å². The predicted octanol–water partition coefficient (Wildman–Crippen LogP) is 1.47. The van der Waals surface area contributed by atoms with Crippen LogP contribution >= 0.6 is 0 Å². The van der Waals surface area contributed by atoms with Gasteiger partial charge in [-0.25, -0.2) is 4.98 Å². The third-order valence-corrected chi connectivity index (χ3v) is 4.52. The zero-order chi connectivity index (χ0) is 18.6. The topological polar surface area (TPSA) is 76.5 Å². The summed E-state index contributed by atoms with van der Waals surface area (Å²) >= 11 is 0. The van der Waals surface area contributed by atoms with Crippen LogP contribution < -0.4 is 11.0 Å². The highest BCUT2D eigenvalue weighted by atomic mass is 16.5. The maximum Gasteiger partial charge on any atom is 0.280 e. The minimum Gasteiger partial charge on any atom is -0.379 e. The van der Waals surface area contributed by atoms with Gasteiger partial charge in [0.25, 0.3) is 11.5 Å². The van der Waals surface area contributed by atoms with Crippen molar-refractivity contribution in [1.29, 1.82) is 0 Å². The second-order valence-corrected chi connectivity index (χ2v) is 6.38. The van der Waals surface area contributed by atoms with Crippen molar-refractivity contribution >= 4 is 16.8 Å². The standard InChI is InChI=1S/C20H20N4O3/c25-18(14-23-10-12-27-13-11-23)22-24-19(15-6-2-1-3-7-15)21-17-9-5-4-8-16(17)20(24)26/h1-9H,10-14H2,(H,22,25). The lowest BCUT2D eigenvalue weighted by molar-refractivity contribution is -0.119. The number of ether oxygens (including phenoxy) is 1. The summed E-state index contributed by atoms with van der Waals surface area (Å²) in [6, 6.07) is 16.5. The van der Waals surface area contributed by atoms with Crippen LogP contribution in [0.15, 0.2) is 59.4 Å². The molecule has 0 saturated carbocycles. The fraction of sp³-hybridized carbons (Fsp3) is 0.250. The van der Waals surface area contributed by atoms with E-state index >= 15 is 0 Å². The molecule has 27 heavy (non-hydrogen) atoms. The first-order chi connectivity index (χ1) is 13.2. The van der Waals surface area contributed by atoms with Crippen molar-refractivity contribution in [3.8, 4) is 11.4 Å². The second kappa shape index (κ2) is 7.69. The molecule has 0 spiro atoms. The van der Waals surface area contributed by atoms with E-state index in [0.29, 0.717) is 43.0 Å². The van der Waals surface area contributed by atoms with Crippen LogP contribution in [0.4, 0.5) is 0 Å². The molecule has 2 heterocycles. The summed E-state index contributed by atoms with van der Waals surface area (Å²) in [6.07, 6.45) is 0. The fourth-order valence-electron chi connectivity index (χ4n) is 3.14. The molecule has 7 nitrogen and oxygen atoms in total. The molecule has 0 bridgehead atoms. The minimum absolute atomic E-state index is 0.205. The number of morpholine rings is 1. The van der Waals surface area contributed by atoms with E-state index in [1.165, 1.54) is 4.68 Å². The Morgan fingerprint density at radius 3 is 2.52 bits per heavy atom. The number of carbonyl (C=O) groups excluding carboxylic acids is 1. The third-order valence-electron chi connectivity index (χ3n) is 4.52.